The van der Waals surface area contributed by atoms with Gasteiger partial charge in [0.1, 0.15) is 0 Å². The van der Waals surface area contributed by atoms with E-state index in [1.54, 1.807) is 11.3 Å². The molecule has 2 N–H and O–H groups in total. The Labute approximate surface area is 187 Å². The van der Waals surface area contributed by atoms with Gasteiger partial charge in [0.15, 0.2) is 17.5 Å². The van der Waals surface area contributed by atoms with E-state index in [4.69, 9.17) is 9.47 Å². The number of ether oxygens (including phenoxy) is 2. The van der Waals surface area contributed by atoms with Crippen LogP contribution in [-0.4, -0.2) is 37.9 Å². The van der Waals surface area contributed by atoms with Crippen molar-refractivity contribution in [2.45, 2.75) is 38.0 Å². The molecule has 1 saturated carbocycles. The van der Waals surface area contributed by atoms with E-state index >= 15 is 0 Å². The van der Waals surface area contributed by atoms with Crippen molar-refractivity contribution >= 4 is 41.3 Å². The van der Waals surface area contributed by atoms with Gasteiger partial charge in [0.25, 0.3) is 0 Å². The molecule has 1 aromatic carbocycles. The zero-order chi connectivity index (χ0) is 18.7. The Bertz CT molecular complexity index is 835. The third kappa shape index (κ3) is 4.71. The van der Waals surface area contributed by atoms with Gasteiger partial charge >= 0.3 is 0 Å². The van der Waals surface area contributed by atoms with Crippen LogP contribution >= 0.6 is 35.3 Å². The Hall–Kier alpha value is -1.55. The molecule has 0 atom stereocenters. The first-order valence-corrected chi connectivity index (χ1v) is 10.3. The fourth-order valence-electron chi connectivity index (χ4n) is 3.33. The van der Waals surface area contributed by atoms with Gasteiger partial charge in [0.05, 0.1) is 5.01 Å². The van der Waals surface area contributed by atoms with Gasteiger partial charge in [-0.2, -0.15) is 0 Å². The summed E-state index contributed by atoms with van der Waals surface area (Å²) in [6.45, 7) is 4.17. The highest BCUT2D eigenvalue weighted by molar-refractivity contribution is 14.0. The van der Waals surface area contributed by atoms with Gasteiger partial charge in [-0.3, -0.25) is 4.99 Å². The SMILES string of the molecule is CCc1cnc(CCNC(=NC)NCC2(c3ccc4c(c3)OCO4)CC2)s1.I. The van der Waals surface area contributed by atoms with Gasteiger partial charge in [0.2, 0.25) is 6.79 Å². The number of fused-ring (bicyclic) bond motifs is 1. The Morgan fingerprint density at radius 2 is 2.07 bits per heavy atom. The Morgan fingerprint density at radius 1 is 1.25 bits per heavy atom. The van der Waals surface area contributed by atoms with Crippen molar-refractivity contribution in [3.8, 4) is 11.5 Å². The third-order valence-corrected chi connectivity index (χ3v) is 6.44. The first-order valence-electron chi connectivity index (χ1n) is 9.51. The molecule has 4 rings (SSSR count). The van der Waals surface area contributed by atoms with Gasteiger partial charge in [-0.25, -0.2) is 4.98 Å². The predicted molar refractivity (Wildman–Crippen MR) is 123 cm³/mol. The van der Waals surface area contributed by atoms with E-state index < -0.39 is 0 Å². The summed E-state index contributed by atoms with van der Waals surface area (Å²) < 4.78 is 11.0. The number of benzene rings is 1. The normalized spacial score (nSPS) is 16.4. The number of aromatic nitrogens is 1. The molecule has 2 aromatic rings. The summed E-state index contributed by atoms with van der Waals surface area (Å²) in [6, 6.07) is 6.30. The molecule has 1 aliphatic heterocycles. The number of aliphatic imine (C=N–C) groups is 1. The second-order valence-corrected chi connectivity index (χ2v) is 8.22. The molecule has 152 valence electrons. The van der Waals surface area contributed by atoms with Gasteiger partial charge in [-0.15, -0.1) is 35.3 Å². The Balaban J connectivity index is 0.00000225. The predicted octanol–water partition coefficient (Wildman–Crippen LogP) is 3.49. The van der Waals surface area contributed by atoms with Crippen LogP contribution in [0.3, 0.4) is 0 Å². The van der Waals surface area contributed by atoms with E-state index in [9.17, 15) is 0 Å². The van der Waals surface area contributed by atoms with Crippen LogP contribution in [0.1, 0.15) is 35.2 Å². The lowest BCUT2D eigenvalue weighted by molar-refractivity contribution is 0.174. The van der Waals surface area contributed by atoms with Crippen molar-refractivity contribution in [1.82, 2.24) is 15.6 Å². The lowest BCUT2D eigenvalue weighted by Crippen LogP contribution is -2.41. The van der Waals surface area contributed by atoms with Gasteiger partial charge in [0, 0.05) is 43.0 Å². The maximum absolute atomic E-state index is 5.53. The van der Waals surface area contributed by atoms with Crippen LogP contribution in [-0.2, 0) is 18.3 Å². The minimum absolute atomic E-state index is 0. The summed E-state index contributed by atoms with van der Waals surface area (Å²) >= 11 is 1.79. The molecular formula is C20H27IN4O2S. The highest BCUT2D eigenvalue weighted by atomic mass is 127. The minimum Gasteiger partial charge on any atom is -0.454 e. The van der Waals surface area contributed by atoms with Crippen LogP contribution in [0.5, 0.6) is 11.5 Å². The minimum atomic E-state index is 0. The molecule has 2 heterocycles. The van der Waals surface area contributed by atoms with E-state index in [-0.39, 0.29) is 29.4 Å². The topological polar surface area (TPSA) is 67.8 Å². The summed E-state index contributed by atoms with van der Waals surface area (Å²) in [5, 5.41) is 8.07. The van der Waals surface area contributed by atoms with Crippen molar-refractivity contribution in [3.05, 3.63) is 39.8 Å². The average molecular weight is 514 g/mol. The number of hydrogen-bond acceptors (Lipinski definition) is 5. The van der Waals surface area contributed by atoms with E-state index in [1.165, 1.54) is 28.3 Å². The molecular weight excluding hydrogens is 487 g/mol. The summed E-state index contributed by atoms with van der Waals surface area (Å²) in [6.07, 6.45) is 6.30. The smallest absolute Gasteiger partial charge is 0.231 e. The molecule has 0 spiro atoms. The van der Waals surface area contributed by atoms with Crippen LogP contribution in [0.25, 0.3) is 0 Å². The molecule has 1 aliphatic carbocycles. The van der Waals surface area contributed by atoms with E-state index in [0.717, 1.165) is 43.4 Å². The summed E-state index contributed by atoms with van der Waals surface area (Å²) in [5.74, 6) is 2.54. The molecule has 1 fully saturated rings. The largest absolute Gasteiger partial charge is 0.454 e. The number of halogens is 1. The fourth-order valence-corrected chi connectivity index (χ4v) is 4.20. The van der Waals surface area contributed by atoms with E-state index in [2.05, 4.69) is 39.7 Å². The molecule has 28 heavy (non-hydrogen) atoms. The molecule has 0 unspecified atom stereocenters. The summed E-state index contributed by atoms with van der Waals surface area (Å²) in [7, 11) is 1.81. The van der Waals surface area contributed by atoms with Gasteiger partial charge < -0.3 is 20.1 Å². The van der Waals surface area contributed by atoms with Crippen molar-refractivity contribution in [1.29, 1.82) is 0 Å². The van der Waals surface area contributed by atoms with Crippen molar-refractivity contribution in [2.24, 2.45) is 4.99 Å². The molecule has 0 amide bonds. The van der Waals surface area contributed by atoms with Crippen LogP contribution < -0.4 is 20.1 Å². The number of guanidine groups is 1. The lowest BCUT2D eigenvalue weighted by atomic mass is 9.95. The molecule has 0 radical (unpaired) electrons. The first-order chi connectivity index (χ1) is 13.2. The number of nitrogens with zero attached hydrogens (tertiary/aromatic N) is 2. The summed E-state index contributed by atoms with van der Waals surface area (Å²) in [5.41, 5.74) is 1.48. The molecule has 0 saturated heterocycles. The second kappa shape index (κ2) is 9.30. The monoisotopic (exact) mass is 514 g/mol. The zero-order valence-electron chi connectivity index (χ0n) is 16.3. The maximum atomic E-state index is 5.53. The zero-order valence-corrected chi connectivity index (χ0v) is 19.4. The Morgan fingerprint density at radius 3 is 2.79 bits per heavy atom. The van der Waals surface area contributed by atoms with Gasteiger partial charge in [-0.1, -0.05) is 13.0 Å². The van der Waals surface area contributed by atoms with E-state index in [0.29, 0.717) is 6.79 Å². The number of nitrogens with one attached hydrogen (secondary N) is 2. The van der Waals surface area contributed by atoms with Gasteiger partial charge in [-0.05, 0) is 37.0 Å². The van der Waals surface area contributed by atoms with Crippen LogP contribution in [0.2, 0.25) is 0 Å². The third-order valence-electron chi connectivity index (χ3n) is 5.24. The number of hydrogen-bond donors (Lipinski definition) is 2. The summed E-state index contributed by atoms with van der Waals surface area (Å²) in [4.78, 5) is 10.2. The highest BCUT2D eigenvalue weighted by Crippen LogP contribution is 2.49. The average Bonchev–Trinajstić information content (AvgIpc) is 3.13. The number of aryl methyl sites for hydroxylation is 1. The quantitative estimate of drug-likeness (QED) is 0.337. The number of thiazole rings is 1. The molecule has 6 nitrogen and oxygen atoms in total. The van der Waals surface area contributed by atoms with Crippen LogP contribution in [0.4, 0.5) is 0 Å². The Kier molecular flexibility index (Phi) is 7.03. The molecule has 2 aliphatic rings. The van der Waals surface area contributed by atoms with Crippen molar-refractivity contribution < 1.29 is 9.47 Å². The number of rotatable bonds is 7. The lowest BCUT2D eigenvalue weighted by Gasteiger charge is -2.19. The first kappa shape index (κ1) is 21.2. The second-order valence-electron chi connectivity index (χ2n) is 7.02. The van der Waals surface area contributed by atoms with Crippen molar-refractivity contribution in [3.63, 3.8) is 0 Å². The fraction of sp³-hybridized carbons (Fsp3) is 0.500. The maximum Gasteiger partial charge on any atom is 0.231 e. The molecule has 1 aromatic heterocycles. The van der Waals surface area contributed by atoms with Crippen LogP contribution in [0.15, 0.2) is 29.4 Å². The van der Waals surface area contributed by atoms with Crippen molar-refractivity contribution in [2.75, 3.05) is 26.9 Å². The standard InChI is InChI=1S/C20H26N4O2S.HI/c1-3-15-11-23-18(27-15)6-9-22-19(21-2)24-12-20(7-8-20)14-4-5-16-17(10-14)26-13-25-16;/h4-5,10-11H,3,6-9,12-13H2,1-2H3,(H2,21,22,24);1H. The van der Waals surface area contributed by atoms with E-state index in [1.807, 2.05) is 19.3 Å². The highest BCUT2D eigenvalue weighted by Gasteiger charge is 2.44. The molecule has 0 bridgehead atoms. The van der Waals surface area contributed by atoms with Crippen LogP contribution in [0, 0.1) is 0 Å². The molecule has 8 heteroatoms.